The number of allylic oxidation sites excluding steroid dienone is 2. The Labute approximate surface area is 175 Å². The molecule has 0 bridgehead atoms. The minimum Gasteiger partial charge on any atom is -0.340 e. The van der Waals surface area contributed by atoms with Gasteiger partial charge in [0, 0.05) is 18.3 Å². The van der Waals surface area contributed by atoms with Crippen molar-refractivity contribution in [2.75, 3.05) is 0 Å². The average Bonchev–Trinajstić information content (AvgIpc) is 3.16. The molecule has 1 saturated carbocycles. The van der Waals surface area contributed by atoms with Gasteiger partial charge in [0.25, 0.3) is 0 Å². The van der Waals surface area contributed by atoms with Crippen molar-refractivity contribution in [1.82, 2.24) is 9.97 Å². The second-order valence-electron chi connectivity index (χ2n) is 9.86. The lowest BCUT2D eigenvalue weighted by Gasteiger charge is -2.30. The van der Waals surface area contributed by atoms with Gasteiger partial charge < -0.3 is 4.98 Å². The standard InChI is InChI=1S/C26H34N2O/c1-18-17-27-25(28-18)24(29)16-22-10-9-21(19-7-5-4-6-8-19)15-23(22)20-11-13-26(2,3)14-12-20/h9-11,15,17,19H,4-8,12-14,16H2,1-3H3,(H,27,28). The molecule has 0 aliphatic heterocycles. The van der Waals surface area contributed by atoms with Crippen molar-refractivity contribution < 1.29 is 4.79 Å². The number of carbonyl (C=O) groups is 1. The summed E-state index contributed by atoms with van der Waals surface area (Å²) in [5, 5.41) is 0. The maximum Gasteiger partial charge on any atom is 0.202 e. The van der Waals surface area contributed by atoms with Crippen LogP contribution < -0.4 is 0 Å². The van der Waals surface area contributed by atoms with Crippen LogP contribution in [0.5, 0.6) is 0 Å². The molecular weight excluding hydrogens is 356 g/mol. The third-order valence-corrected chi connectivity index (χ3v) is 6.85. The smallest absolute Gasteiger partial charge is 0.202 e. The minimum atomic E-state index is 0.0708. The van der Waals surface area contributed by atoms with E-state index >= 15 is 0 Å². The molecule has 29 heavy (non-hydrogen) atoms. The van der Waals surface area contributed by atoms with Gasteiger partial charge in [-0.2, -0.15) is 0 Å². The molecule has 0 saturated heterocycles. The first kappa shape index (κ1) is 20.1. The minimum absolute atomic E-state index is 0.0708. The van der Waals surface area contributed by atoms with Crippen molar-refractivity contribution in [3.8, 4) is 0 Å². The average molecular weight is 391 g/mol. The maximum atomic E-state index is 12.8. The molecule has 4 rings (SSSR count). The summed E-state index contributed by atoms with van der Waals surface area (Å²) in [6.45, 7) is 6.63. The monoisotopic (exact) mass is 390 g/mol. The number of aryl methyl sites for hydroxylation is 1. The van der Waals surface area contributed by atoms with Crippen LogP contribution in [0.25, 0.3) is 5.57 Å². The summed E-state index contributed by atoms with van der Waals surface area (Å²) in [6, 6.07) is 6.91. The van der Waals surface area contributed by atoms with Crippen LogP contribution in [-0.2, 0) is 6.42 Å². The van der Waals surface area contributed by atoms with Gasteiger partial charge >= 0.3 is 0 Å². The Balaban J connectivity index is 1.66. The molecule has 3 heteroatoms. The van der Waals surface area contributed by atoms with E-state index in [9.17, 15) is 4.79 Å². The van der Waals surface area contributed by atoms with Gasteiger partial charge in [0.1, 0.15) is 0 Å². The normalized spacial score (nSPS) is 19.8. The second kappa shape index (κ2) is 8.30. The number of nitrogens with one attached hydrogen (secondary N) is 1. The van der Waals surface area contributed by atoms with E-state index in [4.69, 9.17) is 0 Å². The lowest BCUT2D eigenvalue weighted by molar-refractivity contribution is 0.0984. The zero-order valence-corrected chi connectivity index (χ0v) is 18.2. The fraction of sp³-hybridized carbons (Fsp3) is 0.538. The summed E-state index contributed by atoms with van der Waals surface area (Å²) in [5.74, 6) is 1.23. The van der Waals surface area contributed by atoms with Crippen LogP contribution in [0.2, 0.25) is 0 Å². The van der Waals surface area contributed by atoms with Crippen molar-refractivity contribution in [3.05, 3.63) is 58.7 Å². The number of H-pyrrole nitrogens is 1. The number of hydrogen-bond acceptors (Lipinski definition) is 2. The lowest BCUT2D eigenvalue weighted by Crippen LogP contribution is -2.15. The highest BCUT2D eigenvalue weighted by atomic mass is 16.1. The van der Waals surface area contributed by atoms with Crippen LogP contribution >= 0.6 is 0 Å². The Morgan fingerprint density at radius 2 is 2.00 bits per heavy atom. The van der Waals surface area contributed by atoms with E-state index in [1.165, 1.54) is 55.2 Å². The summed E-state index contributed by atoms with van der Waals surface area (Å²) in [5.41, 5.74) is 6.66. The van der Waals surface area contributed by atoms with Gasteiger partial charge in [-0.25, -0.2) is 4.98 Å². The number of benzene rings is 1. The fourth-order valence-electron chi connectivity index (χ4n) is 4.87. The first-order chi connectivity index (χ1) is 13.9. The number of imidazole rings is 1. The SMILES string of the molecule is Cc1cnc(C(=O)Cc2ccc(C3CCCCC3)cc2C2=CCC(C)(C)CC2)[nH]1. The van der Waals surface area contributed by atoms with Gasteiger partial charge in [-0.05, 0) is 72.6 Å². The first-order valence-electron chi connectivity index (χ1n) is 11.3. The van der Waals surface area contributed by atoms with Gasteiger partial charge in [0.05, 0.1) is 0 Å². The van der Waals surface area contributed by atoms with Gasteiger partial charge in [-0.3, -0.25) is 4.79 Å². The summed E-state index contributed by atoms with van der Waals surface area (Å²) < 4.78 is 0. The molecule has 3 nitrogen and oxygen atoms in total. The molecule has 0 radical (unpaired) electrons. The van der Waals surface area contributed by atoms with Gasteiger partial charge in [-0.15, -0.1) is 0 Å². The van der Waals surface area contributed by atoms with E-state index in [1.54, 1.807) is 6.20 Å². The molecule has 0 atom stereocenters. The predicted molar refractivity (Wildman–Crippen MR) is 119 cm³/mol. The molecule has 0 amide bonds. The van der Waals surface area contributed by atoms with Crippen molar-refractivity contribution in [2.45, 2.75) is 84.5 Å². The molecule has 2 aliphatic carbocycles. The van der Waals surface area contributed by atoms with Gasteiger partial charge in [-0.1, -0.05) is 57.4 Å². The van der Waals surface area contributed by atoms with Crippen LogP contribution in [0.1, 0.15) is 104 Å². The highest BCUT2D eigenvalue weighted by Gasteiger charge is 2.25. The Hall–Kier alpha value is -2.16. The molecule has 0 spiro atoms. The van der Waals surface area contributed by atoms with Gasteiger partial charge in [0.2, 0.25) is 5.78 Å². The number of aromatic amines is 1. The lowest BCUT2D eigenvalue weighted by atomic mass is 9.75. The van der Waals surface area contributed by atoms with E-state index in [-0.39, 0.29) is 5.78 Å². The molecule has 1 aromatic carbocycles. The van der Waals surface area contributed by atoms with Crippen LogP contribution in [0.15, 0.2) is 30.5 Å². The number of carbonyl (C=O) groups excluding carboxylic acids is 1. The van der Waals surface area contributed by atoms with Crippen molar-refractivity contribution >= 4 is 11.4 Å². The van der Waals surface area contributed by atoms with E-state index in [0.717, 1.165) is 24.1 Å². The molecular formula is C26H34N2O. The molecule has 0 unspecified atom stereocenters. The third kappa shape index (κ3) is 4.71. The van der Waals surface area contributed by atoms with E-state index in [0.29, 0.717) is 23.6 Å². The molecule has 2 aliphatic rings. The second-order valence-corrected chi connectivity index (χ2v) is 9.86. The van der Waals surface area contributed by atoms with Crippen molar-refractivity contribution in [1.29, 1.82) is 0 Å². The van der Waals surface area contributed by atoms with E-state index < -0.39 is 0 Å². The highest BCUT2D eigenvalue weighted by Crippen LogP contribution is 2.41. The molecule has 1 heterocycles. The zero-order chi connectivity index (χ0) is 20.4. The molecule has 2 aromatic rings. The molecule has 1 aromatic heterocycles. The van der Waals surface area contributed by atoms with Gasteiger partial charge in [0.15, 0.2) is 5.82 Å². The summed E-state index contributed by atoms with van der Waals surface area (Å²) in [6.07, 6.45) is 14.6. The predicted octanol–water partition coefficient (Wildman–Crippen LogP) is 6.78. The highest BCUT2D eigenvalue weighted by molar-refractivity contribution is 5.95. The van der Waals surface area contributed by atoms with Crippen LogP contribution in [0, 0.1) is 12.3 Å². The Morgan fingerprint density at radius 1 is 1.21 bits per heavy atom. The van der Waals surface area contributed by atoms with E-state index in [1.807, 2.05) is 6.92 Å². The van der Waals surface area contributed by atoms with Crippen LogP contribution in [0.4, 0.5) is 0 Å². The fourth-order valence-corrected chi connectivity index (χ4v) is 4.87. The Morgan fingerprint density at radius 3 is 2.66 bits per heavy atom. The number of ketones is 1. The summed E-state index contributed by atoms with van der Waals surface area (Å²) >= 11 is 0. The Bertz CT molecular complexity index is 913. The molecule has 154 valence electrons. The Kier molecular flexibility index (Phi) is 5.76. The van der Waals surface area contributed by atoms with E-state index in [2.05, 4.69) is 48.1 Å². The molecule has 1 fully saturated rings. The van der Waals surface area contributed by atoms with Crippen molar-refractivity contribution in [2.24, 2.45) is 5.41 Å². The molecule has 1 N–H and O–H groups in total. The largest absolute Gasteiger partial charge is 0.340 e. The number of aromatic nitrogens is 2. The third-order valence-electron chi connectivity index (χ3n) is 6.85. The van der Waals surface area contributed by atoms with Crippen LogP contribution in [-0.4, -0.2) is 15.8 Å². The van der Waals surface area contributed by atoms with Crippen molar-refractivity contribution in [3.63, 3.8) is 0 Å². The topological polar surface area (TPSA) is 45.8 Å². The number of hydrogen-bond donors (Lipinski definition) is 1. The maximum absolute atomic E-state index is 12.8. The first-order valence-corrected chi connectivity index (χ1v) is 11.3. The quantitative estimate of drug-likeness (QED) is 0.572. The number of Topliss-reactive ketones (excluding diaryl/α,β-unsaturated/α-hetero) is 1. The number of nitrogens with zero attached hydrogens (tertiary/aromatic N) is 1. The zero-order valence-electron chi connectivity index (χ0n) is 18.2. The van der Waals surface area contributed by atoms with Crippen LogP contribution in [0.3, 0.4) is 0 Å². The number of rotatable bonds is 5. The summed E-state index contributed by atoms with van der Waals surface area (Å²) in [4.78, 5) is 20.2. The summed E-state index contributed by atoms with van der Waals surface area (Å²) in [7, 11) is 0.